The fourth-order valence-corrected chi connectivity index (χ4v) is 2.61. The van der Waals surface area contributed by atoms with E-state index in [0.717, 1.165) is 26.2 Å². The molecule has 1 saturated carbocycles. The van der Waals surface area contributed by atoms with Crippen LogP contribution in [0, 0.1) is 11.3 Å². The van der Waals surface area contributed by atoms with Crippen molar-refractivity contribution in [1.29, 1.82) is 0 Å². The molecule has 1 saturated heterocycles. The van der Waals surface area contributed by atoms with Crippen molar-refractivity contribution in [3.8, 4) is 0 Å². The lowest BCUT2D eigenvalue weighted by Gasteiger charge is -2.23. The summed E-state index contributed by atoms with van der Waals surface area (Å²) in [7, 11) is 1.74. The summed E-state index contributed by atoms with van der Waals surface area (Å²) in [5.74, 6) is 0.658. The van der Waals surface area contributed by atoms with Gasteiger partial charge < -0.3 is 9.64 Å². The Bertz CT molecular complexity index is 287. The highest BCUT2D eigenvalue weighted by Crippen LogP contribution is 2.49. The van der Waals surface area contributed by atoms with Gasteiger partial charge in [-0.1, -0.05) is 13.8 Å². The van der Waals surface area contributed by atoms with E-state index in [1.54, 1.807) is 7.11 Å². The van der Waals surface area contributed by atoms with Crippen molar-refractivity contribution in [2.45, 2.75) is 39.2 Å². The molecule has 0 radical (unpaired) electrons. The van der Waals surface area contributed by atoms with Gasteiger partial charge in [0.05, 0.1) is 12.7 Å². The van der Waals surface area contributed by atoms with E-state index in [2.05, 4.69) is 19.2 Å². The third-order valence-electron chi connectivity index (χ3n) is 4.07. The smallest absolute Gasteiger partial charge is 0.241 e. The van der Waals surface area contributed by atoms with Gasteiger partial charge in [0, 0.05) is 20.3 Å². The Hall–Kier alpha value is -0.610. The Balaban J connectivity index is 1.86. The zero-order chi connectivity index (χ0) is 12.5. The van der Waals surface area contributed by atoms with Crippen LogP contribution >= 0.6 is 0 Å². The largest absolute Gasteiger partial charge is 0.385 e. The molecular weight excluding hydrogens is 216 g/mol. The van der Waals surface area contributed by atoms with Crippen molar-refractivity contribution in [1.82, 2.24) is 10.2 Å². The number of hydrogen-bond acceptors (Lipinski definition) is 3. The number of nitrogens with one attached hydrogen (secondary N) is 1. The number of amides is 1. The van der Waals surface area contributed by atoms with Crippen molar-refractivity contribution in [3.05, 3.63) is 0 Å². The highest BCUT2D eigenvalue weighted by Gasteiger charge is 2.46. The molecule has 0 bridgehead atoms. The maximum atomic E-state index is 12.2. The number of methoxy groups -OCH3 is 1. The molecule has 1 amide bonds. The third-order valence-corrected chi connectivity index (χ3v) is 4.07. The fourth-order valence-electron chi connectivity index (χ4n) is 2.61. The first-order valence-electron chi connectivity index (χ1n) is 6.59. The zero-order valence-electron chi connectivity index (χ0n) is 11.2. The van der Waals surface area contributed by atoms with E-state index in [0.29, 0.717) is 11.3 Å². The molecular formula is C13H24N2O2. The molecule has 2 aliphatic rings. The van der Waals surface area contributed by atoms with Crippen LogP contribution in [0.4, 0.5) is 0 Å². The van der Waals surface area contributed by atoms with Crippen LogP contribution in [-0.2, 0) is 9.53 Å². The van der Waals surface area contributed by atoms with Crippen LogP contribution < -0.4 is 5.32 Å². The van der Waals surface area contributed by atoms with Crippen molar-refractivity contribution < 1.29 is 9.53 Å². The average molecular weight is 240 g/mol. The Kier molecular flexibility index (Phi) is 3.73. The second-order valence-electron chi connectivity index (χ2n) is 5.86. The van der Waals surface area contributed by atoms with Crippen molar-refractivity contribution in [2.75, 3.05) is 26.9 Å². The highest BCUT2D eigenvalue weighted by molar-refractivity contribution is 5.84. The number of carbonyl (C=O) groups is 1. The number of ether oxygens (including phenoxy) is 1. The minimum Gasteiger partial charge on any atom is -0.385 e. The summed E-state index contributed by atoms with van der Waals surface area (Å²) in [6.07, 6.45) is 3.57. The molecule has 1 aliphatic heterocycles. The Morgan fingerprint density at radius 1 is 1.53 bits per heavy atom. The summed E-state index contributed by atoms with van der Waals surface area (Å²) in [4.78, 5) is 14.2. The van der Waals surface area contributed by atoms with Crippen molar-refractivity contribution >= 4 is 5.91 Å². The summed E-state index contributed by atoms with van der Waals surface area (Å²) < 4.78 is 5.15. The van der Waals surface area contributed by atoms with E-state index >= 15 is 0 Å². The van der Waals surface area contributed by atoms with Gasteiger partial charge in [0.2, 0.25) is 5.91 Å². The first-order valence-corrected chi connectivity index (χ1v) is 6.59. The number of nitrogens with zero attached hydrogens (tertiary/aromatic N) is 1. The van der Waals surface area contributed by atoms with Crippen LogP contribution in [0.3, 0.4) is 0 Å². The van der Waals surface area contributed by atoms with Gasteiger partial charge in [-0.05, 0) is 30.6 Å². The molecule has 1 N–H and O–H groups in total. The maximum Gasteiger partial charge on any atom is 0.241 e. The molecule has 2 fully saturated rings. The van der Waals surface area contributed by atoms with E-state index in [9.17, 15) is 4.79 Å². The summed E-state index contributed by atoms with van der Waals surface area (Å²) in [6.45, 7) is 6.62. The summed E-state index contributed by atoms with van der Waals surface area (Å²) >= 11 is 0. The SMILES string of the molecule is COCCC1(CN2CNC(C(C)C)C2=O)CC1. The topological polar surface area (TPSA) is 41.6 Å². The van der Waals surface area contributed by atoms with Gasteiger partial charge in [0.1, 0.15) is 0 Å². The molecule has 4 nitrogen and oxygen atoms in total. The Morgan fingerprint density at radius 2 is 2.24 bits per heavy atom. The molecule has 17 heavy (non-hydrogen) atoms. The molecule has 2 rings (SSSR count). The summed E-state index contributed by atoms with van der Waals surface area (Å²) in [6, 6.07) is 0.0215. The van der Waals surface area contributed by atoms with Crippen LogP contribution in [0.25, 0.3) is 0 Å². The van der Waals surface area contributed by atoms with Gasteiger partial charge >= 0.3 is 0 Å². The normalized spacial score (nSPS) is 26.9. The Labute approximate surface area is 104 Å². The zero-order valence-corrected chi connectivity index (χ0v) is 11.2. The summed E-state index contributed by atoms with van der Waals surface area (Å²) in [5, 5.41) is 3.31. The molecule has 0 aromatic heterocycles. The van der Waals surface area contributed by atoms with Gasteiger partial charge in [-0.2, -0.15) is 0 Å². The van der Waals surface area contributed by atoms with E-state index in [4.69, 9.17) is 4.74 Å². The van der Waals surface area contributed by atoms with Crippen LogP contribution in [0.15, 0.2) is 0 Å². The minimum atomic E-state index is 0.0215. The molecule has 4 heteroatoms. The molecule has 98 valence electrons. The molecule has 1 unspecified atom stereocenters. The van der Waals surface area contributed by atoms with Gasteiger partial charge in [-0.3, -0.25) is 10.1 Å². The summed E-state index contributed by atoms with van der Waals surface area (Å²) in [5.41, 5.74) is 0.360. The van der Waals surface area contributed by atoms with Gasteiger partial charge in [0.25, 0.3) is 0 Å². The number of carbonyl (C=O) groups excluding carboxylic acids is 1. The predicted octanol–water partition coefficient (Wildman–Crippen LogP) is 1.22. The van der Waals surface area contributed by atoms with E-state index < -0.39 is 0 Å². The second-order valence-corrected chi connectivity index (χ2v) is 5.86. The minimum absolute atomic E-state index is 0.0215. The third kappa shape index (κ3) is 2.80. The van der Waals surface area contributed by atoms with Crippen LogP contribution in [-0.4, -0.2) is 43.8 Å². The average Bonchev–Trinajstić information content (AvgIpc) is 2.96. The van der Waals surface area contributed by atoms with E-state index in [-0.39, 0.29) is 11.9 Å². The molecule has 1 atom stereocenters. The lowest BCUT2D eigenvalue weighted by Crippen LogP contribution is -2.37. The maximum absolute atomic E-state index is 12.2. The van der Waals surface area contributed by atoms with Crippen LogP contribution in [0.1, 0.15) is 33.1 Å². The van der Waals surface area contributed by atoms with Crippen LogP contribution in [0.2, 0.25) is 0 Å². The van der Waals surface area contributed by atoms with E-state index in [1.807, 2.05) is 4.90 Å². The van der Waals surface area contributed by atoms with Crippen LogP contribution in [0.5, 0.6) is 0 Å². The van der Waals surface area contributed by atoms with Crippen molar-refractivity contribution in [2.24, 2.45) is 11.3 Å². The lowest BCUT2D eigenvalue weighted by molar-refractivity contribution is -0.130. The quantitative estimate of drug-likeness (QED) is 0.759. The van der Waals surface area contributed by atoms with Gasteiger partial charge in [-0.25, -0.2) is 0 Å². The second kappa shape index (κ2) is 4.94. The molecule has 1 aliphatic carbocycles. The monoisotopic (exact) mass is 240 g/mol. The highest BCUT2D eigenvalue weighted by atomic mass is 16.5. The number of hydrogen-bond donors (Lipinski definition) is 1. The standard InChI is InChI=1S/C13H24N2O2/c1-10(2)11-12(16)15(9-14-11)8-13(4-5-13)6-7-17-3/h10-11,14H,4-9H2,1-3H3. The van der Waals surface area contributed by atoms with E-state index in [1.165, 1.54) is 12.8 Å². The van der Waals surface area contributed by atoms with Gasteiger partial charge in [0.15, 0.2) is 0 Å². The fraction of sp³-hybridized carbons (Fsp3) is 0.923. The molecule has 1 heterocycles. The molecule has 0 aromatic carbocycles. The lowest BCUT2D eigenvalue weighted by atomic mass is 10.0. The first kappa shape index (κ1) is 12.8. The Morgan fingerprint density at radius 3 is 2.71 bits per heavy atom. The van der Waals surface area contributed by atoms with Crippen molar-refractivity contribution in [3.63, 3.8) is 0 Å². The first-order chi connectivity index (χ1) is 8.08. The molecule has 0 spiro atoms. The molecule has 0 aromatic rings. The number of rotatable bonds is 6. The van der Waals surface area contributed by atoms with Gasteiger partial charge in [-0.15, -0.1) is 0 Å². The predicted molar refractivity (Wildman–Crippen MR) is 66.5 cm³/mol.